The van der Waals surface area contributed by atoms with Gasteiger partial charge >= 0.3 is 0 Å². The molecule has 0 aliphatic carbocycles. The maximum atomic E-state index is 9.06. The Morgan fingerprint density at radius 2 is 1.78 bits per heavy atom. The van der Waals surface area contributed by atoms with Crippen LogP contribution in [-0.4, -0.2) is 12.2 Å². The summed E-state index contributed by atoms with van der Waals surface area (Å²) < 4.78 is 10.9. The second-order valence-corrected chi connectivity index (χ2v) is 4.14. The quantitative estimate of drug-likeness (QED) is 0.916. The van der Waals surface area contributed by atoms with Crippen LogP contribution in [0.2, 0.25) is 5.02 Å². The molecule has 94 valence electrons. The number of methoxy groups -OCH3 is 1. The van der Waals surface area contributed by atoms with Gasteiger partial charge in [-0.1, -0.05) is 17.7 Å². The Balaban J connectivity index is 2.25. The highest BCUT2D eigenvalue weighted by atomic mass is 35.5. The van der Waals surface area contributed by atoms with Gasteiger partial charge in [-0.3, -0.25) is 0 Å². The van der Waals surface area contributed by atoms with Crippen molar-refractivity contribution in [2.75, 3.05) is 7.11 Å². The molecule has 0 aliphatic heterocycles. The first kappa shape index (κ1) is 12.7. The van der Waals surface area contributed by atoms with E-state index in [1.54, 1.807) is 49.6 Å². The van der Waals surface area contributed by atoms with Crippen LogP contribution in [0.5, 0.6) is 17.2 Å². The first-order valence-electron chi connectivity index (χ1n) is 5.44. The van der Waals surface area contributed by atoms with Gasteiger partial charge in [0.15, 0.2) is 11.5 Å². The average molecular weight is 265 g/mol. The highest BCUT2D eigenvalue weighted by Gasteiger charge is 2.06. The van der Waals surface area contributed by atoms with Gasteiger partial charge in [-0.2, -0.15) is 0 Å². The van der Waals surface area contributed by atoms with Crippen molar-refractivity contribution in [1.82, 2.24) is 0 Å². The van der Waals surface area contributed by atoms with Gasteiger partial charge in [-0.05, 0) is 42.0 Å². The van der Waals surface area contributed by atoms with E-state index in [1.165, 1.54) is 0 Å². The van der Waals surface area contributed by atoms with Gasteiger partial charge in [-0.25, -0.2) is 0 Å². The molecule has 0 unspecified atom stereocenters. The number of aliphatic hydroxyl groups excluding tert-OH is 1. The summed E-state index contributed by atoms with van der Waals surface area (Å²) in [6, 6.07) is 12.4. The molecule has 0 aromatic heterocycles. The Kier molecular flexibility index (Phi) is 4.07. The first-order valence-corrected chi connectivity index (χ1v) is 5.82. The molecule has 0 amide bonds. The Labute approximate surface area is 111 Å². The predicted molar refractivity (Wildman–Crippen MR) is 70.4 cm³/mol. The Morgan fingerprint density at radius 1 is 1.06 bits per heavy atom. The number of aliphatic hydroxyl groups is 1. The molecule has 0 spiro atoms. The topological polar surface area (TPSA) is 38.7 Å². The summed E-state index contributed by atoms with van der Waals surface area (Å²) in [4.78, 5) is 0. The predicted octanol–water partition coefficient (Wildman–Crippen LogP) is 3.63. The molecule has 2 aromatic rings. The zero-order valence-electron chi connectivity index (χ0n) is 9.89. The maximum absolute atomic E-state index is 9.06. The highest BCUT2D eigenvalue weighted by molar-refractivity contribution is 6.30. The fourth-order valence-electron chi connectivity index (χ4n) is 1.52. The lowest BCUT2D eigenvalue weighted by Crippen LogP contribution is -1.92. The molecule has 2 rings (SSSR count). The molecular weight excluding hydrogens is 252 g/mol. The molecule has 0 heterocycles. The number of halogens is 1. The van der Waals surface area contributed by atoms with Gasteiger partial charge in [0.2, 0.25) is 0 Å². The van der Waals surface area contributed by atoms with Crippen LogP contribution in [0, 0.1) is 0 Å². The lowest BCUT2D eigenvalue weighted by molar-refractivity contribution is 0.280. The van der Waals surface area contributed by atoms with E-state index in [2.05, 4.69) is 0 Å². The van der Waals surface area contributed by atoms with E-state index in [0.717, 1.165) is 5.56 Å². The van der Waals surface area contributed by atoms with Crippen molar-refractivity contribution in [2.24, 2.45) is 0 Å². The molecule has 18 heavy (non-hydrogen) atoms. The molecule has 4 heteroatoms. The molecule has 0 fully saturated rings. The van der Waals surface area contributed by atoms with Gasteiger partial charge in [-0.15, -0.1) is 0 Å². The van der Waals surface area contributed by atoms with Crippen LogP contribution in [0.3, 0.4) is 0 Å². The number of hydrogen-bond donors (Lipinski definition) is 1. The summed E-state index contributed by atoms with van der Waals surface area (Å²) in [6.45, 7) is -0.0302. The van der Waals surface area contributed by atoms with Crippen LogP contribution < -0.4 is 9.47 Å². The smallest absolute Gasteiger partial charge is 0.169 e. The number of ether oxygens (including phenoxy) is 2. The molecule has 0 radical (unpaired) electrons. The van der Waals surface area contributed by atoms with E-state index in [-0.39, 0.29) is 6.61 Å². The Hall–Kier alpha value is -1.71. The number of benzene rings is 2. The van der Waals surface area contributed by atoms with Crippen LogP contribution in [0.15, 0.2) is 42.5 Å². The average Bonchev–Trinajstić information content (AvgIpc) is 2.41. The molecule has 1 N–H and O–H groups in total. The summed E-state index contributed by atoms with van der Waals surface area (Å²) in [7, 11) is 1.56. The summed E-state index contributed by atoms with van der Waals surface area (Å²) in [5, 5.41) is 9.72. The Bertz CT molecular complexity index is 523. The van der Waals surface area contributed by atoms with Crippen LogP contribution in [0.1, 0.15) is 5.56 Å². The van der Waals surface area contributed by atoms with Crippen LogP contribution >= 0.6 is 11.6 Å². The number of rotatable bonds is 4. The summed E-state index contributed by atoms with van der Waals surface area (Å²) in [5.41, 5.74) is 0.773. The van der Waals surface area contributed by atoms with Gasteiger partial charge in [0.25, 0.3) is 0 Å². The SMILES string of the molecule is COc1cc(CO)ccc1Oc1ccc(Cl)cc1. The molecule has 0 saturated heterocycles. The van der Waals surface area contributed by atoms with E-state index in [9.17, 15) is 0 Å². The van der Waals surface area contributed by atoms with Crippen LogP contribution in [0.25, 0.3) is 0 Å². The third kappa shape index (κ3) is 2.94. The van der Waals surface area contributed by atoms with Gasteiger partial charge in [0.05, 0.1) is 13.7 Å². The van der Waals surface area contributed by atoms with Crippen LogP contribution in [0.4, 0.5) is 0 Å². The van der Waals surface area contributed by atoms with E-state index in [4.69, 9.17) is 26.2 Å². The zero-order valence-corrected chi connectivity index (χ0v) is 10.6. The van der Waals surface area contributed by atoms with E-state index in [1.807, 2.05) is 0 Å². The molecule has 0 atom stereocenters. The third-order valence-corrected chi connectivity index (χ3v) is 2.70. The van der Waals surface area contributed by atoms with Crippen molar-refractivity contribution in [3.8, 4) is 17.2 Å². The van der Waals surface area contributed by atoms with E-state index >= 15 is 0 Å². The first-order chi connectivity index (χ1) is 8.72. The largest absolute Gasteiger partial charge is 0.493 e. The van der Waals surface area contributed by atoms with Crippen molar-refractivity contribution in [3.05, 3.63) is 53.1 Å². The molecule has 0 aliphatic rings. The van der Waals surface area contributed by atoms with Crippen molar-refractivity contribution in [1.29, 1.82) is 0 Å². The highest BCUT2D eigenvalue weighted by Crippen LogP contribution is 2.32. The standard InChI is InChI=1S/C14H13ClO3/c1-17-14-8-10(9-16)2-7-13(14)18-12-5-3-11(15)4-6-12/h2-8,16H,9H2,1H3. The van der Waals surface area contributed by atoms with Crippen LogP contribution in [-0.2, 0) is 6.61 Å². The lowest BCUT2D eigenvalue weighted by atomic mass is 10.2. The molecule has 0 saturated carbocycles. The van der Waals surface area contributed by atoms with Crippen molar-refractivity contribution >= 4 is 11.6 Å². The fourth-order valence-corrected chi connectivity index (χ4v) is 1.65. The lowest BCUT2D eigenvalue weighted by Gasteiger charge is -2.11. The zero-order chi connectivity index (χ0) is 13.0. The van der Waals surface area contributed by atoms with Gasteiger partial charge < -0.3 is 14.6 Å². The third-order valence-electron chi connectivity index (χ3n) is 2.45. The van der Waals surface area contributed by atoms with Crippen molar-refractivity contribution in [2.45, 2.75) is 6.61 Å². The van der Waals surface area contributed by atoms with E-state index < -0.39 is 0 Å². The van der Waals surface area contributed by atoms with E-state index in [0.29, 0.717) is 22.3 Å². The minimum atomic E-state index is -0.0302. The molecule has 3 nitrogen and oxygen atoms in total. The molecule has 0 bridgehead atoms. The van der Waals surface area contributed by atoms with Crippen molar-refractivity contribution in [3.63, 3.8) is 0 Å². The normalized spacial score (nSPS) is 10.2. The monoisotopic (exact) mass is 264 g/mol. The molecule has 2 aromatic carbocycles. The number of hydrogen-bond acceptors (Lipinski definition) is 3. The molecular formula is C14H13ClO3. The summed E-state index contributed by atoms with van der Waals surface area (Å²) >= 11 is 5.80. The summed E-state index contributed by atoms with van der Waals surface area (Å²) in [6.07, 6.45) is 0. The fraction of sp³-hybridized carbons (Fsp3) is 0.143. The van der Waals surface area contributed by atoms with Gasteiger partial charge in [0.1, 0.15) is 5.75 Å². The van der Waals surface area contributed by atoms with Gasteiger partial charge in [0, 0.05) is 5.02 Å². The Morgan fingerprint density at radius 3 is 2.39 bits per heavy atom. The maximum Gasteiger partial charge on any atom is 0.169 e. The minimum Gasteiger partial charge on any atom is -0.493 e. The second kappa shape index (κ2) is 5.76. The van der Waals surface area contributed by atoms with Crippen molar-refractivity contribution < 1.29 is 14.6 Å². The second-order valence-electron chi connectivity index (χ2n) is 3.70. The summed E-state index contributed by atoms with van der Waals surface area (Å²) in [5.74, 6) is 1.85. The minimum absolute atomic E-state index is 0.0302.